The lowest BCUT2D eigenvalue weighted by Crippen LogP contribution is -2.40. The Bertz CT molecular complexity index is 599. The standard InChI is InChI=1S/C17H19N3S.HI/c1-2-5-15(6-3-1)21-16-9-7-14(8-10-16)13-20-17-18-11-4-12-19-17;/h1-3,5-10H,4,11-13H2,(H2,18,19,20);1H. The molecule has 2 aromatic rings. The highest BCUT2D eigenvalue weighted by atomic mass is 127. The normalized spacial score (nSPS) is 13.5. The van der Waals surface area contributed by atoms with E-state index in [1.54, 1.807) is 11.8 Å². The summed E-state index contributed by atoms with van der Waals surface area (Å²) in [4.78, 5) is 6.94. The largest absolute Gasteiger partial charge is 0.356 e. The number of benzene rings is 2. The molecule has 3 nitrogen and oxygen atoms in total. The van der Waals surface area contributed by atoms with Gasteiger partial charge in [-0.05, 0) is 36.2 Å². The summed E-state index contributed by atoms with van der Waals surface area (Å²) in [5.74, 6) is 0.920. The molecule has 2 N–H and O–H groups in total. The average Bonchev–Trinajstić information content (AvgIpc) is 2.56. The number of nitrogens with one attached hydrogen (secondary N) is 2. The Labute approximate surface area is 153 Å². The van der Waals surface area contributed by atoms with Crippen LogP contribution < -0.4 is 10.6 Å². The minimum atomic E-state index is 0. The minimum Gasteiger partial charge on any atom is -0.356 e. The maximum Gasteiger partial charge on any atom is 0.191 e. The van der Waals surface area contributed by atoms with Crippen LogP contribution in [-0.2, 0) is 6.54 Å². The van der Waals surface area contributed by atoms with E-state index < -0.39 is 0 Å². The van der Waals surface area contributed by atoms with Crippen molar-refractivity contribution in [3.8, 4) is 0 Å². The molecule has 0 aliphatic carbocycles. The Balaban J connectivity index is 0.00000176. The number of rotatable bonds is 4. The first-order valence-corrected chi connectivity index (χ1v) is 8.06. The molecule has 0 spiro atoms. The molecule has 0 unspecified atom stereocenters. The minimum absolute atomic E-state index is 0. The van der Waals surface area contributed by atoms with Gasteiger partial charge in [0.2, 0.25) is 0 Å². The van der Waals surface area contributed by atoms with Gasteiger partial charge in [0.15, 0.2) is 5.96 Å². The molecule has 0 aromatic heterocycles. The van der Waals surface area contributed by atoms with Crippen molar-refractivity contribution in [1.82, 2.24) is 10.6 Å². The van der Waals surface area contributed by atoms with Gasteiger partial charge in [-0.25, -0.2) is 0 Å². The molecular weight excluding hydrogens is 405 g/mol. The summed E-state index contributed by atoms with van der Waals surface area (Å²) in [5, 5.41) is 6.61. The summed E-state index contributed by atoms with van der Waals surface area (Å²) in [6, 6.07) is 19.1. The molecule has 2 aromatic carbocycles. The van der Waals surface area contributed by atoms with Gasteiger partial charge in [0.25, 0.3) is 0 Å². The summed E-state index contributed by atoms with van der Waals surface area (Å²) in [5.41, 5.74) is 1.27. The number of guanidine groups is 1. The van der Waals surface area contributed by atoms with Crippen molar-refractivity contribution in [2.75, 3.05) is 13.1 Å². The van der Waals surface area contributed by atoms with E-state index in [0.29, 0.717) is 0 Å². The van der Waals surface area contributed by atoms with Gasteiger partial charge in [-0.15, -0.1) is 24.0 Å². The van der Waals surface area contributed by atoms with E-state index >= 15 is 0 Å². The Morgan fingerprint density at radius 1 is 1.00 bits per heavy atom. The van der Waals surface area contributed by atoms with Crippen LogP contribution in [0.3, 0.4) is 0 Å². The van der Waals surface area contributed by atoms with Crippen molar-refractivity contribution in [2.45, 2.75) is 22.8 Å². The van der Waals surface area contributed by atoms with Crippen LogP contribution in [0.4, 0.5) is 0 Å². The second-order valence-corrected chi connectivity index (χ2v) is 6.07. The number of aliphatic imine (C=N–C) groups is 1. The van der Waals surface area contributed by atoms with Gasteiger partial charge >= 0.3 is 0 Å². The molecule has 0 saturated carbocycles. The molecule has 0 amide bonds. The molecule has 1 aliphatic rings. The molecule has 3 rings (SSSR count). The van der Waals surface area contributed by atoms with Crippen LogP contribution >= 0.6 is 35.7 Å². The van der Waals surface area contributed by atoms with Gasteiger partial charge in [-0.2, -0.15) is 0 Å². The van der Waals surface area contributed by atoms with Crippen LogP contribution in [0, 0.1) is 0 Å². The Kier molecular flexibility index (Phi) is 7.05. The molecule has 1 aliphatic heterocycles. The van der Waals surface area contributed by atoms with Crippen molar-refractivity contribution in [1.29, 1.82) is 0 Å². The first-order valence-electron chi connectivity index (χ1n) is 7.24. The van der Waals surface area contributed by atoms with Crippen LogP contribution in [0.1, 0.15) is 12.0 Å². The van der Waals surface area contributed by atoms with Gasteiger partial charge < -0.3 is 10.6 Å². The van der Waals surface area contributed by atoms with Crippen molar-refractivity contribution in [3.05, 3.63) is 60.2 Å². The summed E-state index contributed by atoms with van der Waals surface area (Å²) in [7, 11) is 0. The average molecular weight is 425 g/mol. The van der Waals surface area contributed by atoms with Gasteiger partial charge in [-0.3, -0.25) is 4.99 Å². The third-order valence-electron chi connectivity index (χ3n) is 3.26. The number of hydrogen-bond acceptors (Lipinski definition) is 4. The topological polar surface area (TPSA) is 36.4 Å². The Morgan fingerprint density at radius 3 is 2.41 bits per heavy atom. The predicted molar refractivity (Wildman–Crippen MR) is 104 cm³/mol. The zero-order chi connectivity index (χ0) is 14.3. The van der Waals surface area contributed by atoms with Gasteiger partial charge in [0.05, 0.1) is 0 Å². The quantitative estimate of drug-likeness (QED) is 0.730. The van der Waals surface area contributed by atoms with E-state index in [1.807, 2.05) is 6.07 Å². The molecule has 0 atom stereocenters. The molecular formula is C17H20IN3S. The van der Waals surface area contributed by atoms with E-state index in [0.717, 1.165) is 32.0 Å². The Hall–Kier alpha value is -1.21. The highest BCUT2D eigenvalue weighted by molar-refractivity contribution is 14.0. The molecule has 116 valence electrons. The molecule has 0 radical (unpaired) electrons. The number of hydrogen-bond donors (Lipinski definition) is 2. The number of nitrogens with zero attached hydrogens (tertiary/aromatic N) is 1. The van der Waals surface area contributed by atoms with E-state index in [4.69, 9.17) is 0 Å². The highest BCUT2D eigenvalue weighted by Crippen LogP contribution is 2.27. The van der Waals surface area contributed by atoms with Crippen LogP contribution in [-0.4, -0.2) is 19.0 Å². The third kappa shape index (κ3) is 5.21. The maximum atomic E-state index is 4.41. The molecule has 22 heavy (non-hydrogen) atoms. The van der Waals surface area contributed by atoms with E-state index in [-0.39, 0.29) is 24.0 Å². The van der Waals surface area contributed by atoms with Crippen LogP contribution in [0.2, 0.25) is 0 Å². The maximum absolute atomic E-state index is 4.41. The third-order valence-corrected chi connectivity index (χ3v) is 4.28. The summed E-state index contributed by atoms with van der Waals surface area (Å²) < 4.78 is 0. The second kappa shape index (κ2) is 9.05. The van der Waals surface area contributed by atoms with Gasteiger partial charge in [0, 0.05) is 29.4 Å². The molecule has 0 bridgehead atoms. The van der Waals surface area contributed by atoms with E-state index in [1.165, 1.54) is 15.4 Å². The highest BCUT2D eigenvalue weighted by Gasteiger charge is 2.03. The number of halogens is 1. The first-order chi connectivity index (χ1) is 10.4. The first kappa shape index (κ1) is 17.1. The molecule has 0 saturated heterocycles. The second-order valence-electron chi connectivity index (χ2n) is 4.92. The lowest BCUT2D eigenvalue weighted by atomic mass is 10.2. The summed E-state index contributed by atoms with van der Waals surface area (Å²) in [6.07, 6.45) is 1.12. The van der Waals surface area contributed by atoms with Crippen LogP contribution in [0.25, 0.3) is 0 Å². The van der Waals surface area contributed by atoms with Crippen LogP contribution in [0.5, 0.6) is 0 Å². The fourth-order valence-electron chi connectivity index (χ4n) is 2.14. The van der Waals surface area contributed by atoms with Crippen molar-refractivity contribution < 1.29 is 0 Å². The van der Waals surface area contributed by atoms with E-state index in [2.05, 4.69) is 64.2 Å². The lowest BCUT2D eigenvalue weighted by Gasteiger charge is -2.16. The molecule has 1 heterocycles. The zero-order valence-electron chi connectivity index (χ0n) is 12.3. The van der Waals surface area contributed by atoms with Crippen molar-refractivity contribution >= 4 is 41.7 Å². The fourth-order valence-corrected chi connectivity index (χ4v) is 2.97. The van der Waals surface area contributed by atoms with Crippen molar-refractivity contribution in [3.63, 3.8) is 0 Å². The zero-order valence-corrected chi connectivity index (χ0v) is 15.4. The fraction of sp³-hybridized carbons (Fsp3) is 0.235. The van der Waals surface area contributed by atoms with Crippen molar-refractivity contribution in [2.24, 2.45) is 4.99 Å². The monoisotopic (exact) mass is 425 g/mol. The van der Waals surface area contributed by atoms with Gasteiger partial charge in [-0.1, -0.05) is 42.1 Å². The molecule has 5 heteroatoms. The predicted octanol–water partition coefficient (Wildman–Crippen LogP) is 3.89. The summed E-state index contributed by atoms with van der Waals surface area (Å²) in [6.45, 7) is 2.74. The van der Waals surface area contributed by atoms with E-state index in [9.17, 15) is 0 Å². The lowest BCUT2D eigenvalue weighted by molar-refractivity contribution is 0.702. The molecule has 0 fully saturated rings. The van der Waals surface area contributed by atoms with Gasteiger partial charge in [0.1, 0.15) is 0 Å². The Morgan fingerprint density at radius 2 is 1.73 bits per heavy atom. The summed E-state index contributed by atoms with van der Waals surface area (Å²) >= 11 is 1.79. The smallest absolute Gasteiger partial charge is 0.191 e. The SMILES string of the molecule is I.c1ccc(Sc2ccc(CNC3=NCCCN3)cc2)cc1. The van der Waals surface area contributed by atoms with Crippen LogP contribution in [0.15, 0.2) is 69.4 Å².